The highest BCUT2D eigenvalue weighted by molar-refractivity contribution is 7.89. The molecule has 1 aromatic heterocycles. The third-order valence-corrected chi connectivity index (χ3v) is 5.73. The minimum absolute atomic E-state index is 0.136. The lowest BCUT2D eigenvalue weighted by atomic mass is 10.3. The van der Waals surface area contributed by atoms with E-state index in [1.54, 1.807) is 12.1 Å². The number of ether oxygens (including phenoxy) is 1. The van der Waals surface area contributed by atoms with E-state index in [9.17, 15) is 13.2 Å². The molecule has 0 spiro atoms. The molecule has 2 aromatic carbocycles. The monoisotopic (exact) mass is 400 g/mol. The van der Waals surface area contributed by atoms with Gasteiger partial charge in [-0.1, -0.05) is 18.2 Å². The minimum Gasteiger partial charge on any atom is -0.486 e. The average molecular weight is 400 g/mol. The number of nitrogens with zero attached hydrogens (tertiary/aromatic N) is 1. The predicted octanol–water partition coefficient (Wildman–Crippen LogP) is 3.36. The van der Waals surface area contributed by atoms with Gasteiger partial charge in [-0.05, 0) is 48.5 Å². The molecule has 3 rings (SSSR count). The van der Waals surface area contributed by atoms with Gasteiger partial charge in [0.25, 0.3) is 5.91 Å². The lowest BCUT2D eigenvalue weighted by Crippen LogP contribution is -2.22. The van der Waals surface area contributed by atoms with Crippen molar-refractivity contribution in [1.82, 2.24) is 4.31 Å². The first-order valence-electron chi connectivity index (χ1n) is 8.47. The van der Waals surface area contributed by atoms with E-state index < -0.39 is 15.9 Å². The molecule has 28 heavy (non-hydrogen) atoms. The van der Waals surface area contributed by atoms with Crippen molar-refractivity contribution >= 4 is 21.6 Å². The number of amides is 1. The number of anilines is 1. The number of carbonyl (C=O) groups is 1. The van der Waals surface area contributed by atoms with E-state index in [1.165, 1.54) is 38.4 Å². The van der Waals surface area contributed by atoms with Gasteiger partial charge >= 0.3 is 0 Å². The van der Waals surface area contributed by atoms with Crippen LogP contribution in [0.15, 0.2) is 76.0 Å². The zero-order valence-corrected chi connectivity index (χ0v) is 16.3. The summed E-state index contributed by atoms with van der Waals surface area (Å²) in [4.78, 5) is 12.5. The highest BCUT2D eigenvalue weighted by Crippen LogP contribution is 2.18. The molecule has 0 bridgehead atoms. The molecule has 0 fully saturated rings. The van der Waals surface area contributed by atoms with E-state index in [4.69, 9.17) is 9.15 Å². The van der Waals surface area contributed by atoms with Crippen LogP contribution in [-0.2, 0) is 16.6 Å². The van der Waals surface area contributed by atoms with E-state index in [0.717, 1.165) is 4.31 Å². The number of nitrogens with one attached hydrogen (secondary N) is 1. The van der Waals surface area contributed by atoms with Gasteiger partial charge in [0.15, 0.2) is 5.76 Å². The number of carbonyl (C=O) groups excluding carboxylic acids is 1. The molecule has 1 heterocycles. The second kappa shape index (κ2) is 8.28. The second-order valence-electron chi connectivity index (χ2n) is 6.13. The zero-order chi connectivity index (χ0) is 20.1. The Morgan fingerprint density at radius 3 is 2.32 bits per heavy atom. The van der Waals surface area contributed by atoms with Crippen molar-refractivity contribution in [1.29, 1.82) is 0 Å². The molecule has 0 aliphatic heterocycles. The molecular weight excluding hydrogens is 380 g/mol. The predicted molar refractivity (Wildman–Crippen MR) is 105 cm³/mol. The van der Waals surface area contributed by atoms with E-state index >= 15 is 0 Å². The molecule has 0 aliphatic rings. The highest BCUT2D eigenvalue weighted by Gasteiger charge is 2.17. The molecule has 8 heteroatoms. The van der Waals surface area contributed by atoms with Crippen LogP contribution in [0.25, 0.3) is 0 Å². The molecule has 7 nitrogen and oxygen atoms in total. The molecule has 1 amide bonds. The molecule has 0 radical (unpaired) electrons. The smallest absolute Gasteiger partial charge is 0.291 e. The topological polar surface area (TPSA) is 88.9 Å². The molecule has 0 saturated heterocycles. The van der Waals surface area contributed by atoms with Gasteiger partial charge in [0.1, 0.15) is 18.1 Å². The van der Waals surface area contributed by atoms with Gasteiger partial charge < -0.3 is 14.5 Å². The Labute approximate surface area is 163 Å². The summed E-state index contributed by atoms with van der Waals surface area (Å²) >= 11 is 0. The average Bonchev–Trinajstić information content (AvgIpc) is 3.17. The van der Waals surface area contributed by atoms with Crippen LogP contribution in [0.3, 0.4) is 0 Å². The lowest BCUT2D eigenvalue weighted by Gasteiger charge is -2.11. The molecule has 3 aromatic rings. The summed E-state index contributed by atoms with van der Waals surface area (Å²) < 4.78 is 36.3. The highest BCUT2D eigenvalue weighted by atomic mass is 32.2. The van der Waals surface area contributed by atoms with Crippen molar-refractivity contribution in [3.63, 3.8) is 0 Å². The van der Waals surface area contributed by atoms with Crippen LogP contribution in [0, 0.1) is 0 Å². The van der Waals surface area contributed by atoms with E-state index in [2.05, 4.69) is 5.32 Å². The first kappa shape index (κ1) is 19.7. The van der Waals surface area contributed by atoms with Gasteiger partial charge in [-0.2, -0.15) is 0 Å². The fourth-order valence-electron chi connectivity index (χ4n) is 2.36. The Bertz CT molecular complexity index is 1040. The number of furan rings is 1. The van der Waals surface area contributed by atoms with Crippen molar-refractivity contribution < 1.29 is 22.4 Å². The fraction of sp³-hybridized carbons (Fsp3) is 0.150. The van der Waals surface area contributed by atoms with Crippen LogP contribution in [0.5, 0.6) is 5.75 Å². The Hall–Kier alpha value is -3.10. The SMILES string of the molecule is CN(C)S(=O)(=O)c1ccc(NC(=O)c2ccc(COc3ccccc3)o2)cc1. The molecule has 146 valence electrons. The van der Waals surface area contributed by atoms with Gasteiger partial charge in [-0.3, -0.25) is 4.79 Å². The number of hydrogen-bond acceptors (Lipinski definition) is 5. The van der Waals surface area contributed by atoms with Crippen LogP contribution >= 0.6 is 0 Å². The molecule has 0 unspecified atom stereocenters. The number of benzene rings is 2. The van der Waals surface area contributed by atoms with Crippen molar-refractivity contribution in [2.45, 2.75) is 11.5 Å². The van der Waals surface area contributed by atoms with Crippen LogP contribution in [0.2, 0.25) is 0 Å². The molecular formula is C20H20N2O5S. The number of para-hydroxylation sites is 1. The lowest BCUT2D eigenvalue weighted by molar-refractivity contribution is 0.0992. The molecule has 1 N–H and O–H groups in total. The van der Waals surface area contributed by atoms with Crippen LogP contribution in [0.1, 0.15) is 16.3 Å². The maximum Gasteiger partial charge on any atom is 0.291 e. The summed E-state index contributed by atoms with van der Waals surface area (Å²) in [5.41, 5.74) is 0.459. The van der Waals surface area contributed by atoms with Gasteiger partial charge in [0, 0.05) is 19.8 Å². The molecule has 0 aliphatic carbocycles. The Morgan fingerprint density at radius 2 is 1.68 bits per heavy atom. The maximum atomic E-state index is 12.3. The Balaban J connectivity index is 1.61. The van der Waals surface area contributed by atoms with Gasteiger partial charge in [-0.25, -0.2) is 12.7 Å². The van der Waals surface area contributed by atoms with Crippen LogP contribution < -0.4 is 10.1 Å². The quantitative estimate of drug-likeness (QED) is 0.657. The fourth-order valence-corrected chi connectivity index (χ4v) is 3.26. The second-order valence-corrected chi connectivity index (χ2v) is 8.29. The summed E-state index contributed by atoms with van der Waals surface area (Å²) in [6.45, 7) is 0.203. The number of rotatable bonds is 7. The molecule has 0 saturated carbocycles. The third-order valence-electron chi connectivity index (χ3n) is 3.90. The third kappa shape index (κ3) is 4.59. The van der Waals surface area contributed by atoms with Crippen molar-refractivity contribution in [3.05, 3.63) is 78.3 Å². The van der Waals surface area contributed by atoms with E-state index in [1.807, 2.05) is 30.3 Å². The van der Waals surface area contributed by atoms with E-state index in [0.29, 0.717) is 17.2 Å². The maximum absolute atomic E-state index is 12.3. The summed E-state index contributed by atoms with van der Waals surface area (Å²) in [5.74, 6) is 0.921. The molecule has 0 atom stereocenters. The Morgan fingerprint density at radius 1 is 1.00 bits per heavy atom. The van der Waals surface area contributed by atoms with Crippen LogP contribution in [0.4, 0.5) is 5.69 Å². The Kier molecular flexibility index (Phi) is 5.81. The summed E-state index contributed by atoms with van der Waals surface area (Å²) in [5, 5.41) is 2.67. The van der Waals surface area contributed by atoms with Crippen molar-refractivity contribution in [2.75, 3.05) is 19.4 Å². The van der Waals surface area contributed by atoms with Gasteiger partial charge in [0.05, 0.1) is 4.90 Å². The van der Waals surface area contributed by atoms with Gasteiger partial charge in [0.2, 0.25) is 10.0 Å². The normalized spacial score (nSPS) is 11.4. The largest absolute Gasteiger partial charge is 0.486 e. The van der Waals surface area contributed by atoms with Crippen molar-refractivity contribution in [2.24, 2.45) is 0 Å². The minimum atomic E-state index is -3.51. The summed E-state index contributed by atoms with van der Waals surface area (Å²) in [6.07, 6.45) is 0. The zero-order valence-electron chi connectivity index (χ0n) is 15.5. The van der Waals surface area contributed by atoms with Gasteiger partial charge in [-0.15, -0.1) is 0 Å². The standard InChI is InChI=1S/C20H20N2O5S/c1-22(2)28(24,25)18-11-8-15(9-12-18)21-20(23)19-13-10-17(27-19)14-26-16-6-4-3-5-7-16/h3-13H,14H2,1-2H3,(H,21,23). The van der Waals surface area contributed by atoms with E-state index in [-0.39, 0.29) is 17.3 Å². The number of hydrogen-bond donors (Lipinski definition) is 1. The summed E-state index contributed by atoms with van der Waals surface area (Å²) in [6, 6.07) is 18.4. The van der Waals surface area contributed by atoms with Crippen molar-refractivity contribution in [3.8, 4) is 5.75 Å². The number of sulfonamides is 1. The first-order valence-corrected chi connectivity index (χ1v) is 9.91. The summed E-state index contributed by atoms with van der Waals surface area (Å²) in [7, 11) is -0.593. The first-order chi connectivity index (χ1) is 13.4. The van der Waals surface area contributed by atoms with Crippen LogP contribution in [-0.4, -0.2) is 32.7 Å².